The van der Waals surface area contributed by atoms with Crippen molar-refractivity contribution >= 4 is 6.09 Å². The molecule has 1 heterocycles. The molecule has 0 bridgehead atoms. The highest BCUT2D eigenvalue weighted by atomic mass is 16.4. The molecule has 0 saturated carbocycles. The van der Waals surface area contributed by atoms with Crippen LogP contribution in [-0.2, 0) is 0 Å². The SMILES string of the molecule is CN(C)CCN(CC1CCCNC1)C(=O)O. The van der Waals surface area contributed by atoms with Crippen molar-refractivity contribution in [1.82, 2.24) is 15.1 Å². The van der Waals surface area contributed by atoms with Crippen LogP contribution >= 0.6 is 0 Å². The van der Waals surface area contributed by atoms with E-state index in [2.05, 4.69) is 5.32 Å². The second-order valence-electron chi connectivity index (χ2n) is 4.74. The topological polar surface area (TPSA) is 55.8 Å². The van der Waals surface area contributed by atoms with Gasteiger partial charge in [0, 0.05) is 19.6 Å². The van der Waals surface area contributed by atoms with Crippen LogP contribution in [0.15, 0.2) is 0 Å². The normalized spacial score (nSPS) is 21.1. The molecule has 1 atom stereocenters. The van der Waals surface area contributed by atoms with Gasteiger partial charge >= 0.3 is 6.09 Å². The highest BCUT2D eigenvalue weighted by Crippen LogP contribution is 2.11. The molecule has 16 heavy (non-hydrogen) atoms. The fourth-order valence-corrected chi connectivity index (χ4v) is 1.98. The molecule has 0 aromatic heterocycles. The lowest BCUT2D eigenvalue weighted by atomic mass is 9.99. The molecular formula is C11H23N3O2. The van der Waals surface area contributed by atoms with Crippen molar-refractivity contribution in [3.05, 3.63) is 0 Å². The van der Waals surface area contributed by atoms with Crippen LogP contribution in [-0.4, -0.2) is 67.8 Å². The lowest BCUT2D eigenvalue weighted by molar-refractivity contribution is 0.128. The van der Waals surface area contributed by atoms with E-state index >= 15 is 0 Å². The van der Waals surface area contributed by atoms with E-state index in [1.54, 1.807) is 0 Å². The van der Waals surface area contributed by atoms with E-state index in [1.807, 2.05) is 19.0 Å². The van der Waals surface area contributed by atoms with Crippen LogP contribution < -0.4 is 5.32 Å². The molecule has 1 aliphatic heterocycles. The maximum Gasteiger partial charge on any atom is 0.407 e. The Kier molecular flexibility index (Phi) is 5.55. The number of nitrogens with zero attached hydrogens (tertiary/aromatic N) is 2. The minimum atomic E-state index is -0.799. The minimum Gasteiger partial charge on any atom is -0.465 e. The first-order valence-corrected chi connectivity index (χ1v) is 5.93. The van der Waals surface area contributed by atoms with Gasteiger partial charge in [0.15, 0.2) is 0 Å². The molecule has 2 N–H and O–H groups in total. The van der Waals surface area contributed by atoms with Gasteiger partial charge in [-0.25, -0.2) is 4.79 Å². The summed E-state index contributed by atoms with van der Waals surface area (Å²) >= 11 is 0. The third-order valence-electron chi connectivity index (χ3n) is 2.97. The van der Waals surface area contributed by atoms with E-state index in [0.29, 0.717) is 19.0 Å². The molecular weight excluding hydrogens is 206 g/mol. The Labute approximate surface area is 97.4 Å². The quantitative estimate of drug-likeness (QED) is 0.722. The number of piperidine rings is 1. The monoisotopic (exact) mass is 229 g/mol. The van der Waals surface area contributed by atoms with Crippen molar-refractivity contribution in [3.8, 4) is 0 Å². The minimum absolute atomic E-state index is 0.479. The van der Waals surface area contributed by atoms with Crippen molar-refractivity contribution in [1.29, 1.82) is 0 Å². The second kappa shape index (κ2) is 6.70. The first-order valence-electron chi connectivity index (χ1n) is 5.93. The molecule has 0 radical (unpaired) electrons. The first kappa shape index (κ1) is 13.3. The fourth-order valence-electron chi connectivity index (χ4n) is 1.98. The average Bonchev–Trinajstić information content (AvgIpc) is 2.25. The second-order valence-corrected chi connectivity index (χ2v) is 4.74. The molecule has 94 valence electrons. The van der Waals surface area contributed by atoms with E-state index in [-0.39, 0.29) is 0 Å². The van der Waals surface area contributed by atoms with Crippen LogP contribution in [0.5, 0.6) is 0 Å². The molecule has 0 aliphatic carbocycles. The largest absolute Gasteiger partial charge is 0.465 e. The van der Waals surface area contributed by atoms with Crippen LogP contribution in [0.1, 0.15) is 12.8 Å². The summed E-state index contributed by atoms with van der Waals surface area (Å²) in [4.78, 5) is 14.6. The van der Waals surface area contributed by atoms with Crippen molar-refractivity contribution in [2.24, 2.45) is 5.92 Å². The average molecular weight is 229 g/mol. The van der Waals surface area contributed by atoms with Gasteiger partial charge in [0.25, 0.3) is 0 Å². The van der Waals surface area contributed by atoms with Crippen molar-refractivity contribution < 1.29 is 9.90 Å². The molecule has 0 aromatic carbocycles. The highest BCUT2D eigenvalue weighted by Gasteiger charge is 2.19. The third kappa shape index (κ3) is 4.81. The van der Waals surface area contributed by atoms with Gasteiger partial charge in [-0.15, -0.1) is 0 Å². The zero-order valence-corrected chi connectivity index (χ0v) is 10.3. The summed E-state index contributed by atoms with van der Waals surface area (Å²) in [5, 5.41) is 12.4. The summed E-state index contributed by atoms with van der Waals surface area (Å²) < 4.78 is 0. The molecule has 1 unspecified atom stereocenters. The van der Waals surface area contributed by atoms with Gasteiger partial charge in [-0.1, -0.05) is 0 Å². The van der Waals surface area contributed by atoms with Gasteiger partial charge < -0.3 is 20.2 Å². The van der Waals surface area contributed by atoms with E-state index in [4.69, 9.17) is 5.11 Å². The number of carbonyl (C=O) groups is 1. The maximum atomic E-state index is 11.1. The van der Waals surface area contributed by atoms with Crippen LogP contribution in [0.4, 0.5) is 4.79 Å². The van der Waals surface area contributed by atoms with Gasteiger partial charge in [-0.3, -0.25) is 0 Å². The number of hydrogen-bond donors (Lipinski definition) is 2. The Balaban J connectivity index is 2.34. The van der Waals surface area contributed by atoms with E-state index in [0.717, 1.165) is 32.5 Å². The Hall–Kier alpha value is -0.810. The van der Waals surface area contributed by atoms with Crippen LogP contribution in [0.25, 0.3) is 0 Å². The molecule has 1 fully saturated rings. The van der Waals surface area contributed by atoms with Gasteiger partial charge in [-0.05, 0) is 45.9 Å². The molecule has 5 heteroatoms. The summed E-state index contributed by atoms with van der Waals surface area (Å²) in [6.45, 7) is 4.06. The predicted molar refractivity (Wildman–Crippen MR) is 63.7 cm³/mol. The number of hydrogen-bond acceptors (Lipinski definition) is 3. The summed E-state index contributed by atoms with van der Waals surface area (Å²) in [7, 11) is 3.92. The summed E-state index contributed by atoms with van der Waals surface area (Å²) in [6.07, 6.45) is 1.50. The molecule has 0 aromatic rings. The molecule has 1 rings (SSSR count). The molecule has 1 amide bonds. The van der Waals surface area contributed by atoms with Gasteiger partial charge in [0.2, 0.25) is 0 Å². The number of rotatable bonds is 5. The lowest BCUT2D eigenvalue weighted by Gasteiger charge is -2.29. The van der Waals surface area contributed by atoms with Crippen LogP contribution in [0, 0.1) is 5.92 Å². The Morgan fingerprint density at radius 3 is 2.69 bits per heavy atom. The predicted octanol–water partition coefficient (Wildman–Crippen LogP) is 0.528. The molecule has 1 saturated heterocycles. The van der Waals surface area contributed by atoms with Crippen LogP contribution in [0.3, 0.4) is 0 Å². The van der Waals surface area contributed by atoms with Crippen molar-refractivity contribution in [2.45, 2.75) is 12.8 Å². The lowest BCUT2D eigenvalue weighted by Crippen LogP contribution is -2.42. The van der Waals surface area contributed by atoms with Crippen LogP contribution in [0.2, 0.25) is 0 Å². The molecule has 0 spiro atoms. The van der Waals surface area contributed by atoms with E-state index < -0.39 is 6.09 Å². The number of likely N-dealkylation sites (N-methyl/N-ethyl adjacent to an activating group) is 1. The number of nitrogens with one attached hydrogen (secondary N) is 1. The Bertz CT molecular complexity index is 215. The highest BCUT2D eigenvalue weighted by molar-refractivity contribution is 5.64. The van der Waals surface area contributed by atoms with Crippen molar-refractivity contribution in [2.75, 3.05) is 46.8 Å². The Morgan fingerprint density at radius 2 is 2.19 bits per heavy atom. The van der Waals surface area contributed by atoms with Gasteiger partial charge in [0.1, 0.15) is 0 Å². The van der Waals surface area contributed by atoms with Gasteiger partial charge in [-0.2, -0.15) is 0 Å². The number of carboxylic acid groups (broad SMARTS) is 1. The maximum absolute atomic E-state index is 11.1. The zero-order valence-electron chi connectivity index (χ0n) is 10.3. The standard InChI is InChI=1S/C11H23N3O2/c1-13(2)6-7-14(11(15)16)9-10-4-3-5-12-8-10/h10,12H,3-9H2,1-2H3,(H,15,16). The molecule has 5 nitrogen and oxygen atoms in total. The van der Waals surface area contributed by atoms with E-state index in [1.165, 1.54) is 4.90 Å². The van der Waals surface area contributed by atoms with E-state index in [9.17, 15) is 4.79 Å². The third-order valence-corrected chi connectivity index (χ3v) is 2.97. The summed E-state index contributed by atoms with van der Waals surface area (Å²) in [6, 6.07) is 0. The summed E-state index contributed by atoms with van der Waals surface area (Å²) in [5.41, 5.74) is 0. The number of amides is 1. The zero-order chi connectivity index (χ0) is 12.0. The molecule has 1 aliphatic rings. The van der Waals surface area contributed by atoms with Crippen molar-refractivity contribution in [3.63, 3.8) is 0 Å². The van der Waals surface area contributed by atoms with Gasteiger partial charge in [0.05, 0.1) is 0 Å². The Morgan fingerprint density at radius 1 is 1.44 bits per heavy atom. The first-order chi connectivity index (χ1) is 7.59. The summed E-state index contributed by atoms with van der Waals surface area (Å²) in [5.74, 6) is 0.479. The smallest absolute Gasteiger partial charge is 0.407 e. The fraction of sp³-hybridized carbons (Fsp3) is 0.909.